The van der Waals surface area contributed by atoms with E-state index in [1.54, 1.807) is 18.2 Å². The Bertz CT molecular complexity index is 1400. The summed E-state index contributed by atoms with van der Waals surface area (Å²) in [5, 5.41) is 12.5. The summed E-state index contributed by atoms with van der Waals surface area (Å²) in [6.07, 6.45) is 4.18. The Labute approximate surface area is 233 Å². The number of carbonyl (C=O) groups is 1. The molecule has 1 N–H and O–H groups in total. The number of benzene rings is 2. The smallest absolute Gasteiger partial charge is 0.243 e. The van der Waals surface area contributed by atoms with Gasteiger partial charge < -0.3 is 14.8 Å². The predicted molar refractivity (Wildman–Crippen MR) is 150 cm³/mol. The fourth-order valence-electron chi connectivity index (χ4n) is 4.96. The fourth-order valence-corrected chi connectivity index (χ4v) is 7.22. The number of nitrogens with zero attached hydrogens (tertiary/aromatic N) is 4. The topological polar surface area (TPSA) is 116 Å². The van der Waals surface area contributed by atoms with Crippen LogP contribution in [-0.4, -0.2) is 72.1 Å². The minimum atomic E-state index is -3.65. The Balaban J connectivity index is 1.37. The van der Waals surface area contributed by atoms with Crippen molar-refractivity contribution in [2.24, 2.45) is 0 Å². The number of amides is 1. The highest BCUT2D eigenvalue weighted by Gasteiger charge is 2.29. The van der Waals surface area contributed by atoms with E-state index in [9.17, 15) is 13.2 Å². The molecule has 0 spiro atoms. The number of rotatable bonds is 10. The van der Waals surface area contributed by atoms with Crippen LogP contribution >= 0.6 is 11.8 Å². The number of carbonyl (C=O) groups excluding carboxylic acids is 1. The molecule has 0 bridgehead atoms. The zero-order chi connectivity index (χ0) is 27.2. The summed E-state index contributed by atoms with van der Waals surface area (Å²) in [4.78, 5) is 13.1. The summed E-state index contributed by atoms with van der Waals surface area (Å²) in [7, 11) is -3.65. The monoisotopic (exact) mass is 571 g/mol. The van der Waals surface area contributed by atoms with E-state index in [1.165, 1.54) is 16.1 Å². The van der Waals surface area contributed by atoms with Gasteiger partial charge in [0.25, 0.3) is 0 Å². The van der Waals surface area contributed by atoms with Gasteiger partial charge in [-0.15, -0.1) is 10.2 Å². The van der Waals surface area contributed by atoms with Crippen molar-refractivity contribution in [2.45, 2.75) is 48.7 Å². The summed E-state index contributed by atoms with van der Waals surface area (Å²) in [6, 6.07) is 14.4. The molecule has 0 unspecified atom stereocenters. The van der Waals surface area contributed by atoms with Crippen LogP contribution in [-0.2, 0) is 19.6 Å². The highest BCUT2D eigenvalue weighted by molar-refractivity contribution is 7.99. The third kappa shape index (κ3) is 6.29. The number of ether oxygens (including phenoxy) is 2. The van der Waals surface area contributed by atoms with Crippen LogP contribution in [0, 0.1) is 0 Å². The second-order valence-electron chi connectivity index (χ2n) is 9.42. The molecule has 2 aliphatic rings. The zero-order valence-corrected chi connectivity index (χ0v) is 23.5. The molecule has 1 aromatic heterocycles. The first kappa shape index (κ1) is 27.6. The summed E-state index contributed by atoms with van der Waals surface area (Å²) >= 11 is 1.32. The Kier molecular flexibility index (Phi) is 8.85. The summed E-state index contributed by atoms with van der Waals surface area (Å²) in [6.45, 7) is 3.85. The maximum absolute atomic E-state index is 13.3. The molecule has 1 amide bonds. The van der Waals surface area contributed by atoms with Gasteiger partial charge in [0, 0.05) is 24.7 Å². The number of anilines is 1. The highest BCUT2D eigenvalue weighted by Crippen LogP contribution is 2.37. The first-order valence-electron chi connectivity index (χ1n) is 13.2. The van der Waals surface area contributed by atoms with Crippen LogP contribution in [0.3, 0.4) is 0 Å². The SMILES string of the molecule is CCOc1ccccc1NC(=O)CSc1nnc(-c2cccc(S(=O)(=O)N3CCOCC3)c2)n1C1CCCC1. The number of nitrogens with one attached hydrogen (secondary N) is 1. The fraction of sp³-hybridized carbons (Fsp3) is 0.444. The predicted octanol–water partition coefficient (Wildman–Crippen LogP) is 4.21. The minimum absolute atomic E-state index is 0.150. The number of morpholine rings is 1. The molecule has 5 rings (SSSR count). The van der Waals surface area contributed by atoms with Gasteiger partial charge in [-0.25, -0.2) is 8.42 Å². The molecule has 1 aliphatic heterocycles. The lowest BCUT2D eigenvalue weighted by atomic mass is 10.2. The number of para-hydroxylation sites is 2. The molecule has 0 radical (unpaired) electrons. The quantitative estimate of drug-likeness (QED) is 0.360. The molecule has 208 valence electrons. The van der Waals surface area contributed by atoms with Crippen molar-refractivity contribution in [3.05, 3.63) is 48.5 Å². The van der Waals surface area contributed by atoms with E-state index in [-0.39, 0.29) is 22.6 Å². The van der Waals surface area contributed by atoms with Crippen molar-refractivity contribution in [3.63, 3.8) is 0 Å². The third-order valence-corrected chi connectivity index (χ3v) is 9.69. The lowest BCUT2D eigenvalue weighted by Gasteiger charge is -2.26. The van der Waals surface area contributed by atoms with Crippen LogP contribution in [0.4, 0.5) is 5.69 Å². The van der Waals surface area contributed by atoms with Crippen molar-refractivity contribution in [3.8, 4) is 17.1 Å². The van der Waals surface area contributed by atoms with E-state index in [1.807, 2.05) is 37.3 Å². The molecule has 1 saturated carbocycles. The maximum atomic E-state index is 13.3. The highest BCUT2D eigenvalue weighted by atomic mass is 32.2. The number of thioether (sulfide) groups is 1. The molecule has 3 aromatic rings. The van der Waals surface area contributed by atoms with Gasteiger partial charge in [-0.2, -0.15) is 4.31 Å². The van der Waals surface area contributed by atoms with Crippen molar-refractivity contribution < 1.29 is 22.7 Å². The number of hydrogen-bond acceptors (Lipinski definition) is 8. The van der Waals surface area contributed by atoms with Crippen LogP contribution in [0.15, 0.2) is 58.6 Å². The van der Waals surface area contributed by atoms with Gasteiger partial charge in [0.05, 0.1) is 36.2 Å². The summed E-state index contributed by atoms with van der Waals surface area (Å²) < 4.78 is 41.0. The van der Waals surface area contributed by atoms with E-state index < -0.39 is 10.0 Å². The second-order valence-corrected chi connectivity index (χ2v) is 12.3. The summed E-state index contributed by atoms with van der Waals surface area (Å²) in [5.74, 6) is 1.22. The molecule has 1 aliphatic carbocycles. The average molecular weight is 572 g/mol. The van der Waals surface area contributed by atoms with Crippen LogP contribution < -0.4 is 10.1 Å². The molecular weight excluding hydrogens is 538 g/mol. The van der Waals surface area contributed by atoms with Crippen LogP contribution in [0.2, 0.25) is 0 Å². The molecule has 2 heterocycles. The number of aromatic nitrogens is 3. The number of hydrogen-bond donors (Lipinski definition) is 1. The van der Waals surface area contributed by atoms with Gasteiger partial charge in [-0.1, -0.05) is 48.9 Å². The van der Waals surface area contributed by atoms with Crippen molar-refractivity contribution in [2.75, 3.05) is 44.0 Å². The standard InChI is InChI=1S/C27H33N5O5S2/c1-2-37-24-13-6-5-12-23(24)28-25(33)19-38-27-30-29-26(32(27)21-9-3-4-10-21)20-8-7-11-22(18-20)39(34,35)31-14-16-36-17-15-31/h5-8,11-13,18,21H,2-4,9-10,14-17,19H2,1H3,(H,28,33). The minimum Gasteiger partial charge on any atom is -0.492 e. The Morgan fingerprint density at radius 1 is 1.10 bits per heavy atom. The van der Waals surface area contributed by atoms with Gasteiger partial charge in [-0.05, 0) is 44.0 Å². The molecule has 39 heavy (non-hydrogen) atoms. The average Bonchev–Trinajstić information content (AvgIpc) is 3.64. The Morgan fingerprint density at radius 3 is 2.64 bits per heavy atom. The van der Waals surface area contributed by atoms with Crippen molar-refractivity contribution in [1.82, 2.24) is 19.1 Å². The van der Waals surface area contributed by atoms with Crippen molar-refractivity contribution in [1.29, 1.82) is 0 Å². The number of sulfonamides is 1. The van der Waals surface area contributed by atoms with E-state index in [4.69, 9.17) is 9.47 Å². The van der Waals surface area contributed by atoms with E-state index in [0.29, 0.717) is 60.9 Å². The third-order valence-electron chi connectivity index (χ3n) is 6.85. The molecule has 1 saturated heterocycles. The molecule has 2 aromatic carbocycles. The van der Waals surface area contributed by atoms with Crippen LogP contribution in [0.1, 0.15) is 38.6 Å². The lowest BCUT2D eigenvalue weighted by Crippen LogP contribution is -2.40. The lowest BCUT2D eigenvalue weighted by molar-refractivity contribution is -0.113. The zero-order valence-electron chi connectivity index (χ0n) is 21.9. The van der Waals surface area contributed by atoms with Gasteiger partial charge >= 0.3 is 0 Å². The molecule has 12 heteroatoms. The first-order valence-corrected chi connectivity index (χ1v) is 15.7. The largest absolute Gasteiger partial charge is 0.492 e. The Hall–Kier alpha value is -2.93. The van der Waals surface area contributed by atoms with Gasteiger partial charge in [0.1, 0.15) is 5.75 Å². The van der Waals surface area contributed by atoms with Gasteiger partial charge in [0.2, 0.25) is 15.9 Å². The van der Waals surface area contributed by atoms with Gasteiger partial charge in [0.15, 0.2) is 11.0 Å². The van der Waals surface area contributed by atoms with Crippen LogP contribution in [0.25, 0.3) is 11.4 Å². The molecule has 0 atom stereocenters. The maximum Gasteiger partial charge on any atom is 0.243 e. The van der Waals surface area contributed by atoms with E-state index >= 15 is 0 Å². The second kappa shape index (κ2) is 12.5. The molecular formula is C27H33N5O5S2. The van der Waals surface area contributed by atoms with E-state index in [0.717, 1.165) is 25.7 Å². The summed E-state index contributed by atoms with van der Waals surface area (Å²) in [5.41, 5.74) is 1.31. The molecule has 10 nitrogen and oxygen atoms in total. The van der Waals surface area contributed by atoms with Gasteiger partial charge in [-0.3, -0.25) is 9.36 Å². The normalized spacial score (nSPS) is 16.8. The van der Waals surface area contributed by atoms with Crippen molar-refractivity contribution >= 4 is 33.4 Å². The van der Waals surface area contributed by atoms with E-state index in [2.05, 4.69) is 20.1 Å². The molecule has 2 fully saturated rings. The van der Waals surface area contributed by atoms with Crippen LogP contribution in [0.5, 0.6) is 5.75 Å². The Morgan fingerprint density at radius 2 is 1.87 bits per heavy atom. The first-order chi connectivity index (χ1) is 19.0.